The van der Waals surface area contributed by atoms with E-state index >= 15 is 0 Å². The number of fused-ring (bicyclic) bond motifs is 1. The molecule has 110 valence electrons. The van der Waals surface area contributed by atoms with Crippen LogP contribution in [0, 0.1) is 0 Å². The van der Waals surface area contributed by atoms with Crippen molar-refractivity contribution in [3.05, 3.63) is 40.8 Å². The predicted octanol–water partition coefficient (Wildman–Crippen LogP) is 3.76. The molecule has 0 radical (unpaired) electrons. The van der Waals surface area contributed by atoms with Crippen molar-refractivity contribution in [3.63, 3.8) is 0 Å². The van der Waals surface area contributed by atoms with Crippen molar-refractivity contribution in [2.45, 2.75) is 19.8 Å². The van der Waals surface area contributed by atoms with E-state index in [1.54, 1.807) is 0 Å². The van der Waals surface area contributed by atoms with Crippen molar-refractivity contribution in [3.8, 4) is 5.69 Å². The second kappa shape index (κ2) is 5.70. The van der Waals surface area contributed by atoms with Crippen LogP contribution in [0.1, 0.15) is 18.4 Å². The second-order valence-corrected chi connectivity index (χ2v) is 5.69. The first-order valence-electron chi connectivity index (χ1n) is 6.90. The Hall–Kier alpha value is -1.52. The summed E-state index contributed by atoms with van der Waals surface area (Å²) in [4.78, 5) is 4.75. The third-order valence-electron chi connectivity index (χ3n) is 3.49. The normalized spacial score (nSPS) is 11.4. The van der Waals surface area contributed by atoms with Gasteiger partial charge in [-0.05, 0) is 24.6 Å². The van der Waals surface area contributed by atoms with E-state index in [1.165, 1.54) is 0 Å². The minimum Gasteiger partial charge on any atom is -0.281 e. The number of aryl methyl sites for hydroxylation is 3. The van der Waals surface area contributed by atoms with E-state index in [0.717, 1.165) is 34.8 Å². The van der Waals surface area contributed by atoms with Gasteiger partial charge in [0.05, 0.1) is 11.4 Å². The number of rotatable bonds is 4. The third-order valence-corrected chi connectivity index (χ3v) is 3.92. The summed E-state index contributed by atoms with van der Waals surface area (Å²) in [6.07, 6.45) is 1.55. The average Bonchev–Trinajstić information content (AvgIpc) is 2.97. The summed E-state index contributed by atoms with van der Waals surface area (Å²) in [5.41, 5.74) is 3.91. The molecule has 0 saturated heterocycles. The lowest BCUT2D eigenvalue weighted by atomic mass is 10.3. The molecule has 0 bridgehead atoms. The fraction of sp³-hybridized carbons (Fsp3) is 0.333. The summed E-state index contributed by atoms with van der Waals surface area (Å²) < 4.78 is 3.97. The van der Waals surface area contributed by atoms with Gasteiger partial charge >= 0.3 is 0 Å². The Morgan fingerprint density at radius 2 is 2.10 bits per heavy atom. The molecule has 2 aromatic heterocycles. The van der Waals surface area contributed by atoms with Gasteiger partial charge < -0.3 is 0 Å². The Balaban J connectivity index is 2.32. The maximum Gasteiger partial charge on any atom is 0.163 e. The molecule has 21 heavy (non-hydrogen) atoms. The number of hydrogen-bond donors (Lipinski definition) is 0. The van der Waals surface area contributed by atoms with Crippen LogP contribution in [0.3, 0.4) is 0 Å². The molecule has 0 aliphatic rings. The summed E-state index contributed by atoms with van der Waals surface area (Å²) in [6, 6.07) is 7.74. The highest BCUT2D eigenvalue weighted by molar-refractivity contribution is 6.30. The second-order valence-electron chi connectivity index (χ2n) is 4.88. The third kappa shape index (κ3) is 2.43. The molecule has 4 nitrogen and oxygen atoms in total. The first kappa shape index (κ1) is 14.4. The molecule has 0 spiro atoms. The molecule has 1 aromatic carbocycles. The summed E-state index contributed by atoms with van der Waals surface area (Å²) in [6.45, 7) is 2.08. The fourth-order valence-corrected chi connectivity index (χ4v) is 2.96. The Labute approximate surface area is 133 Å². The first-order valence-corrected chi connectivity index (χ1v) is 7.82. The van der Waals surface area contributed by atoms with Gasteiger partial charge in [0.15, 0.2) is 5.65 Å². The molecule has 0 atom stereocenters. The first-order chi connectivity index (χ1) is 10.2. The Morgan fingerprint density at radius 3 is 2.76 bits per heavy atom. The monoisotopic (exact) mass is 322 g/mol. The number of aromatic nitrogens is 4. The van der Waals surface area contributed by atoms with Crippen LogP contribution in [0.4, 0.5) is 0 Å². The molecule has 0 saturated carbocycles. The van der Waals surface area contributed by atoms with Crippen LogP contribution < -0.4 is 0 Å². The van der Waals surface area contributed by atoms with E-state index in [2.05, 4.69) is 16.6 Å². The molecular weight excluding hydrogens is 307 g/mol. The number of hydrogen-bond acceptors (Lipinski definition) is 2. The highest BCUT2D eigenvalue weighted by Crippen LogP contribution is 2.26. The average molecular weight is 323 g/mol. The summed E-state index contributed by atoms with van der Waals surface area (Å²) >= 11 is 12.1. The lowest BCUT2D eigenvalue weighted by molar-refractivity contribution is 0.741. The largest absolute Gasteiger partial charge is 0.281 e. The standard InChI is InChI=1S/C15H16Cl2N4/c1-3-12-14-15(20(2)19-12)21(13(18-14)7-8-16)11-6-4-5-10(17)9-11/h4-6,9H,3,7-8H2,1-2H3. The maximum atomic E-state index is 6.13. The van der Waals surface area contributed by atoms with Crippen molar-refractivity contribution in [2.24, 2.45) is 7.05 Å². The van der Waals surface area contributed by atoms with Crippen molar-refractivity contribution in [1.29, 1.82) is 0 Å². The van der Waals surface area contributed by atoms with E-state index in [4.69, 9.17) is 28.2 Å². The zero-order chi connectivity index (χ0) is 15.0. The molecular formula is C15H16Cl2N4. The van der Waals surface area contributed by atoms with Crippen molar-refractivity contribution >= 4 is 34.4 Å². The molecule has 0 aliphatic carbocycles. The lowest BCUT2D eigenvalue weighted by Crippen LogP contribution is -2.06. The summed E-state index contributed by atoms with van der Waals surface area (Å²) in [5, 5.41) is 5.24. The molecule has 0 N–H and O–H groups in total. The van der Waals surface area contributed by atoms with Gasteiger partial charge in [-0.3, -0.25) is 4.57 Å². The number of benzene rings is 1. The highest BCUT2D eigenvalue weighted by atomic mass is 35.5. The van der Waals surface area contributed by atoms with Crippen molar-refractivity contribution in [1.82, 2.24) is 19.3 Å². The van der Waals surface area contributed by atoms with Gasteiger partial charge in [0.2, 0.25) is 0 Å². The SMILES string of the molecule is CCc1nn(C)c2c1nc(CCCl)n2-c1cccc(Cl)c1. The van der Waals surface area contributed by atoms with Gasteiger partial charge in [-0.2, -0.15) is 5.10 Å². The minimum atomic E-state index is 0.527. The molecule has 0 amide bonds. The van der Waals surface area contributed by atoms with E-state index in [1.807, 2.05) is 36.0 Å². The molecule has 0 unspecified atom stereocenters. The van der Waals surface area contributed by atoms with Gasteiger partial charge in [0.1, 0.15) is 11.3 Å². The number of imidazole rings is 1. The van der Waals surface area contributed by atoms with E-state index in [9.17, 15) is 0 Å². The summed E-state index contributed by atoms with van der Waals surface area (Å²) in [5.74, 6) is 1.46. The Morgan fingerprint density at radius 1 is 1.29 bits per heavy atom. The van der Waals surface area contributed by atoms with E-state index in [-0.39, 0.29) is 0 Å². The minimum absolute atomic E-state index is 0.527. The van der Waals surface area contributed by atoms with Crippen LogP contribution in [-0.2, 0) is 19.9 Å². The maximum absolute atomic E-state index is 6.13. The summed E-state index contributed by atoms with van der Waals surface area (Å²) in [7, 11) is 1.94. The fourth-order valence-electron chi connectivity index (χ4n) is 2.60. The molecule has 3 aromatic rings. The van der Waals surface area contributed by atoms with Gasteiger partial charge in [-0.1, -0.05) is 24.6 Å². The van der Waals surface area contributed by atoms with Crippen LogP contribution in [0.2, 0.25) is 5.02 Å². The Bertz CT molecular complexity index is 788. The molecule has 2 heterocycles. The molecule has 0 aliphatic heterocycles. The zero-order valence-electron chi connectivity index (χ0n) is 12.0. The van der Waals surface area contributed by atoms with Crippen LogP contribution in [0.5, 0.6) is 0 Å². The predicted molar refractivity (Wildman–Crippen MR) is 86.6 cm³/mol. The van der Waals surface area contributed by atoms with Gasteiger partial charge in [-0.15, -0.1) is 11.6 Å². The number of alkyl halides is 1. The smallest absolute Gasteiger partial charge is 0.163 e. The van der Waals surface area contributed by atoms with Crippen LogP contribution in [0.15, 0.2) is 24.3 Å². The van der Waals surface area contributed by atoms with Gasteiger partial charge in [0.25, 0.3) is 0 Å². The van der Waals surface area contributed by atoms with Gasteiger partial charge in [-0.25, -0.2) is 9.67 Å². The topological polar surface area (TPSA) is 35.6 Å². The van der Waals surface area contributed by atoms with E-state index < -0.39 is 0 Å². The number of halogens is 2. The molecule has 0 fully saturated rings. The zero-order valence-corrected chi connectivity index (χ0v) is 13.5. The van der Waals surface area contributed by atoms with Crippen molar-refractivity contribution < 1.29 is 0 Å². The Kier molecular flexibility index (Phi) is 3.91. The van der Waals surface area contributed by atoms with E-state index in [0.29, 0.717) is 17.3 Å². The van der Waals surface area contributed by atoms with Crippen LogP contribution >= 0.6 is 23.2 Å². The molecule has 3 rings (SSSR count). The van der Waals surface area contributed by atoms with Gasteiger partial charge in [0, 0.05) is 24.4 Å². The number of nitrogens with zero attached hydrogens (tertiary/aromatic N) is 4. The highest BCUT2D eigenvalue weighted by Gasteiger charge is 2.19. The van der Waals surface area contributed by atoms with Crippen LogP contribution in [-0.4, -0.2) is 25.2 Å². The van der Waals surface area contributed by atoms with Crippen LogP contribution in [0.25, 0.3) is 16.9 Å². The lowest BCUT2D eigenvalue weighted by Gasteiger charge is -2.09. The quantitative estimate of drug-likeness (QED) is 0.686. The van der Waals surface area contributed by atoms with Crippen molar-refractivity contribution in [2.75, 3.05) is 5.88 Å². The molecule has 6 heteroatoms.